The molecule has 0 spiro atoms. The zero-order valence-electron chi connectivity index (χ0n) is 16.5. The molecule has 0 unspecified atom stereocenters. The van der Waals surface area contributed by atoms with Crippen molar-refractivity contribution in [3.05, 3.63) is 102 Å². The minimum Gasteiger partial charge on any atom is -0.488 e. The second kappa shape index (κ2) is 8.79. The summed E-state index contributed by atoms with van der Waals surface area (Å²) in [6.45, 7) is 3.73. The third-order valence-electron chi connectivity index (χ3n) is 5.20. The fraction of sp³-hybridized carbons (Fsp3) is 0.231. The molecule has 0 atom stereocenters. The molecule has 4 aromatic rings. The first kappa shape index (κ1) is 18.4. The minimum atomic E-state index is 0.591. The van der Waals surface area contributed by atoms with Gasteiger partial charge in [-0.2, -0.15) is 0 Å². The van der Waals surface area contributed by atoms with Crippen LogP contribution in [-0.2, 0) is 19.6 Å². The van der Waals surface area contributed by atoms with E-state index in [2.05, 4.69) is 90.4 Å². The number of aryl methyl sites for hydroxylation is 1. The van der Waals surface area contributed by atoms with Crippen molar-refractivity contribution in [2.75, 3.05) is 0 Å². The maximum Gasteiger partial charge on any atom is 0.129 e. The molecule has 0 bridgehead atoms. The van der Waals surface area contributed by atoms with Crippen LogP contribution in [0.4, 0.5) is 0 Å². The van der Waals surface area contributed by atoms with Gasteiger partial charge < -0.3 is 9.30 Å². The zero-order valence-corrected chi connectivity index (χ0v) is 16.5. The Bertz CT molecular complexity index is 1020. The van der Waals surface area contributed by atoms with Crippen molar-refractivity contribution in [3.63, 3.8) is 0 Å². The number of hydrogen-bond acceptors (Lipinski definition) is 1. The van der Waals surface area contributed by atoms with Crippen molar-refractivity contribution in [1.29, 1.82) is 0 Å². The van der Waals surface area contributed by atoms with Crippen LogP contribution in [-0.4, -0.2) is 4.57 Å². The number of hydrogen-bond donors (Lipinski definition) is 0. The first-order chi connectivity index (χ1) is 13.8. The Morgan fingerprint density at radius 1 is 0.786 bits per heavy atom. The molecule has 0 saturated carbocycles. The monoisotopic (exact) mass is 369 g/mol. The minimum absolute atomic E-state index is 0.591. The van der Waals surface area contributed by atoms with E-state index in [9.17, 15) is 0 Å². The fourth-order valence-electron chi connectivity index (χ4n) is 3.69. The van der Waals surface area contributed by atoms with Crippen molar-refractivity contribution >= 4 is 10.9 Å². The van der Waals surface area contributed by atoms with Crippen LogP contribution >= 0.6 is 0 Å². The van der Waals surface area contributed by atoms with Crippen LogP contribution in [0.3, 0.4) is 0 Å². The third-order valence-corrected chi connectivity index (χ3v) is 5.20. The largest absolute Gasteiger partial charge is 0.488 e. The van der Waals surface area contributed by atoms with Crippen molar-refractivity contribution < 1.29 is 4.74 Å². The van der Waals surface area contributed by atoms with Gasteiger partial charge in [-0.15, -0.1) is 0 Å². The first-order valence-corrected chi connectivity index (χ1v) is 10.2. The molecule has 1 aromatic heterocycles. The van der Waals surface area contributed by atoms with E-state index >= 15 is 0 Å². The smallest absolute Gasteiger partial charge is 0.129 e. The van der Waals surface area contributed by atoms with E-state index in [4.69, 9.17) is 4.74 Å². The second-order valence-corrected chi connectivity index (χ2v) is 7.27. The van der Waals surface area contributed by atoms with Gasteiger partial charge in [0.25, 0.3) is 0 Å². The second-order valence-electron chi connectivity index (χ2n) is 7.27. The highest BCUT2D eigenvalue weighted by Gasteiger charge is 2.13. The third kappa shape index (κ3) is 4.12. The van der Waals surface area contributed by atoms with Crippen LogP contribution in [0.25, 0.3) is 10.9 Å². The molecule has 0 amide bonds. The molecular formula is C26H27NO. The number of fused-ring (bicyclic) bond motifs is 1. The van der Waals surface area contributed by atoms with Crippen LogP contribution in [0.1, 0.15) is 36.6 Å². The molecule has 0 N–H and O–H groups in total. The van der Waals surface area contributed by atoms with E-state index < -0.39 is 0 Å². The topological polar surface area (TPSA) is 14.2 Å². The van der Waals surface area contributed by atoms with E-state index in [1.54, 1.807) is 0 Å². The summed E-state index contributed by atoms with van der Waals surface area (Å²) in [6.07, 6.45) is 3.49. The summed E-state index contributed by atoms with van der Waals surface area (Å²) in [5, 5.41) is 1.21. The van der Waals surface area contributed by atoms with Gasteiger partial charge in [0.15, 0.2) is 0 Å². The maximum atomic E-state index is 6.22. The van der Waals surface area contributed by atoms with Crippen molar-refractivity contribution in [2.45, 2.75) is 39.3 Å². The predicted octanol–water partition coefficient (Wildman–Crippen LogP) is 6.61. The van der Waals surface area contributed by atoms with E-state index in [0.717, 1.165) is 18.7 Å². The molecular weight excluding hydrogens is 342 g/mol. The fourth-order valence-corrected chi connectivity index (χ4v) is 3.69. The Morgan fingerprint density at radius 3 is 2.21 bits per heavy atom. The molecule has 4 rings (SSSR count). The van der Waals surface area contributed by atoms with Gasteiger partial charge >= 0.3 is 0 Å². The number of benzene rings is 3. The normalized spacial score (nSPS) is 11.0. The lowest BCUT2D eigenvalue weighted by atomic mass is 10.2. The van der Waals surface area contributed by atoms with Gasteiger partial charge in [0.05, 0.1) is 5.52 Å². The van der Waals surface area contributed by atoms with Gasteiger partial charge in [0.2, 0.25) is 0 Å². The Labute approximate surface area is 167 Å². The molecule has 0 aliphatic carbocycles. The van der Waals surface area contributed by atoms with Crippen LogP contribution in [0, 0.1) is 0 Å². The lowest BCUT2D eigenvalue weighted by Crippen LogP contribution is -2.04. The van der Waals surface area contributed by atoms with E-state index in [1.165, 1.54) is 40.6 Å². The van der Waals surface area contributed by atoms with E-state index in [1.807, 2.05) is 6.07 Å². The molecule has 3 aromatic carbocycles. The number of aromatic nitrogens is 1. The van der Waals surface area contributed by atoms with Gasteiger partial charge in [-0.3, -0.25) is 0 Å². The average Bonchev–Trinajstić information content (AvgIpc) is 3.10. The quantitative estimate of drug-likeness (QED) is 0.341. The Balaban J connectivity index is 1.68. The summed E-state index contributed by atoms with van der Waals surface area (Å²) in [6, 6.07) is 29.8. The predicted molar refractivity (Wildman–Crippen MR) is 117 cm³/mol. The summed E-state index contributed by atoms with van der Waals surface area (Å²) in [5.74, 6) is 0.964. The van der Waals surface area contributed by atoms with Gasteiger partial charge in [0, 0.05) is 17.6 Å². The number of nitrogens with zero attached hydrogens (tertiary/aromatic N) is 1. The SMILES string of the molecule is CCCCc1cc2c(OCc3ccccc3)cccc2n1Cc1ccccc1. The maximum absolute atomic E-state index is 6.22. The molecule has 0 aliphatic heterocycles. The van der Waals surface area contributed by atoms with E-state index in [0.29, 0.717) is 6.61 Å². The molecule has 142 valence electrons. The molecule has 0 radical (unpaired) electrons. The van der Waals surface area contributed by atoms with Gasteiger partial charge in [-0.1, -0.05) is 80.1 Å². The number of unbranched alkanes of at least 4 members (excludes halogenated alkanes) is 1. The molecule has 2 heteroatoms. The summed E-state index contributed by atoms with van der Waals surface area (Å²) >= 11 is 0. The van der Waals surface area contributed by atoms with Crippen LogP contribution in [0.15, 0.2) is 84.9 Å². The molecule has 0 saturated heterocycles. The van der Waals surface area contributed by atoms with E-state index in [-0.39, 0.29) is 0 Å². The molecule has 0 fully saturated rings. The molecule has 0 aliphatic rings. The average molecular weight is 370 g/mol. The van der Waals surface area contributed by atoms with Gasteiger partial charge in [-0.25, -0.2) is 0 Å². The summed E-state index contributed by atoms with van der Waals surface area (Å²) in [7, 11) is 0. The van der Waals surface area contributed by atoms with Crippen molar-refractivity contribution in [3.8, 4) is 5.75 Å². The highest BCUT2D eigenvalue weighted by molar-refractivity contribution is 5.87. The summed E-state index contributed by atoms with van der Waals surface area (Å²) in [5.41, 5.74) is 5.15. The molecule has 28 heavy (non-hydrogen) atoms. The Hall–Kier alpha value is -3.00. The van der Waals surface area contributed by atoms with Crippen molar-refractivity contribution in [1.82, 2.24) is 4.57 Å². The van der Waals surface area contributed by atoms with Gasteiger partial charge in [0.1, 0.15) is 12.4 Å². The Morgan fingerprint density at radius 2 is 1.50 bits per heavy atom. The van der Waals surface area contributed by atoms with Crippen LogP contribution in [0.2, 0.25) is 0 Å². The molecule has 1 heterocycles. The molecule has 2 nitrogen and oxygen atoms in total. The highest BCUT2D eigenvalue weighted by Crippen LogP contribution is 2.31. The Kier molecular flexibility index (Phi) is 5.77. The van der Waals surface area contributed by atoms with Crippen LogP contribution < -0.4 is 4.74 Å². The standard InChI is InChI=1S/C26H27NO/c1-2-3-15-23-18-24-25(27(23)19-21-11-6-4-7-12-21)16-10-17-26(24)28-20-22-13-8-5-9-14-22/h4-14,16-18H,2-3,15,19-20H2,1H3. The highest BCUT2D eigenvalue weighted by atomic mass is 16.5. The first-order valence-electron chi connectivity index (χ1n) is 10.2. The van der Waals surface area contributed by atoms with Crippen LogP contribution in [0.5, 0.6) is 5.75 Å². The zero-order chi connectivity index (χ0) is 19.2. The number of rotatable bonds is 8. The summed E-state index contributed by atoms with van der Waals surface area (Å²) in [4.78, 5) is 0. The summed E-state index contributed by atoms with van der Waals surface area (Å²) < 4.78 is 8.67. The lowest BCUT2D eigenvalue weighted by molar-refractivity contribution is 0.310. The number of ether oxygens (including phenoxy) is 1. The van der Waals surface area contributed by atoms with Crippen molar-refractivity contribution in [2.24, 2.45) is 0 Å². The van der Waals surface area contributed by atoms with Gasteiger partial charge in [-0.05, 0) is 42.2 Å². The lowest BCUT2D eigenvalue weighted by Gasteiger charge is -2.12.